The van der Waals surface area contributed by atoms with Crippen molar-refractivity contribution in [3.05, 3.63) is 71.5 Å². The molecule has 0 N–H and O–H groups in total. The van der Waals surface area contributed by atoms with E-state index in [1.807, 2.05) is 49.4 Å². The third-order valence-electron chi connectivity index (χ3n) is 6.44. The molecule has 5 heteroatoms. The van der Waals surface area contributed by atoms with Crippen molar-refractivity contribution < 1.29 is 9.18 Å². The molecule has 168 valence electrons. The van der Waals surface area contributed by atoms with Gasteiger partial charge in [0, 0.05) is 56.8 Å². The number of carbonyl (C=O) groups excluding carboxylic acids is 1. The molecule has 0 saturated carbocycles. The Hall–Kier alpha value is -2.08. The van der Waals surface area contributed by atoms with E-state index < -0.39 is 0 Å². The lowest BCUT2D eigenvalue weighted by Crippen LogP contribution is -2.50. The second kappa shape index (κ2) is 11.5. The van der Waals surface area contributed by atoms with Crippen LogP contribution in [0.4, 0.5) is 4.39 Å². The maximum atomic E-state index is 13.4. The zero-order valence-corrected chi connectivity index (χ0v) is 19.1. The molecular weight excluding hydrogens is 389 g/mol. The number of ketones is 1. The number of hydrogen-bond acceptors (Lipinski definition) is 4. The zero-order chi connectivity index (χ0) is 22.2. The Morgan fingerprint density at radius 3 is 2.00 bits per heavy atom. The van der Waals surface area contributed by atoms with Crippen LogP contribution in [0.25, 0.3) is 0 Å². The van der Waals surface area contributed by atoms with E-state index in [0.29, 0.717) is 0 Å². The number of Topliss-reactive ketones (excluding diaryl/α,β-unsaturated/α-hetero) is 1. The summed E-state index contributed by atoms with van der Waals surface area (Å²) >= 11 is 0. The highest BCUT2D eigenvalue weighted by Gasteiger charge is 2.26. The lowest BCUT2D eigenvalue weighted by atomic mass is 9.98. The molecule has 2 aromatic carbocycles. The predicted octanol–water partition coefficient (Wildman–Crippen LogP) is 4.35. The average Bonchev–Trinajstić information content (AvgIpc) is 2.81. The first-order valence-corrected chi connectivity index (χ1v) is 11.5. The van der Waals surface area contributed by atoms with Gasteiger partial charge in [0.25, 0.3) is 0 Å². The van der Waals surface area contributed by atoms with Gasteiger partial charge in [-0.3, -0.25) is 14.6 Å². The van der Waals surface area contributed by atoms with Crippen LogP contribution in [0.3, 0.4) is 0 Å². The molecule has 4 nitrogen and oxygen atoms in total. The van der Waals surface area contributed by atoms with Crippen molar-refractivity contribution in [2.24, 2.45) is 5.92 Å². The summed E-state index contributed by atoms with van der Waals surface area (Å²) in [5, 5.41) is 0. The van der Waals surface area contributed by atoms with Gasteiger partial charge < -0.3 is 4.90 Å². The Balaban J connectivity index is 1.55. The topological polar surface area (TPSA) is 26.8 Å². The van der Waals surface area contributed by atoms with Gasteiger partial charge in [-0.05, 0) is 30.8 Å². The molecule has 1 fully saturated rings. The van der Waals surface area contributed by atoms with E-state index in [9.17, 15) is 9.18 Å². The van der Waals surface area contributed by atoms with Gasteiger partial charge in [0.15, 0.2) is 5.78 Å². The van der Waals surface area contributed by atoms with Crippen LogP contribution in [0.5, 0.6) is 0 Å². The van der Waals surface area contributed by atoms with Gasteiger partial charge in [0.2, 0.25) is 0 Å². The molecular formula is C26H36FN3O. The number of benzene rings is 2. The molecule has 0 amide bonds. The van der Waals surface area contributed by atoms with E-state index in [-0.39, 0.29) is 23.6 Å². The summed E-state index contributed by atoms with van der Waals surface area (Å²) in [5.41, 5.74) is 1.98. The molecule has 0 radical (unpaired) electrons. The lowest BCUT2D eigenvalue weighted by Gasteiger charge is -2.39. The van der Waals surface area contributed by atoms with Gasteiger partial charge in [-0.25, -0.2) is 4.39 Å². The van der Waals surface area contributed by atoms with Crippen molar-refractivity contribution in [1.82, 2.24) is 14.7 Å². The Morgan fingerprint density at radius 2 is 1.45 bits per heavy atom. The number of hydrogen-bond donors (Lipinski definition) is 0. The molecule has 1 aliphatic heterocycles. The summed E-state index contributed by atoms with van der Waals surface area (Å²) in [6.07, 6.45) is 0. The maximum Gasteiger partial charge on any atom is 0.166 e. The SMILES string of the molecule is CCN(CC)C(CN1CCN(CC(C)C(=O)c2ccccc2)CC1)c1ccc(F)cc1. The van der Waals surface area contributed by atoms with E-state index in [1.54, 1.807) is 12.1 Å². The minimum absolute atomic E-state index is 0.00316. The molecule has 1 aliphatic rings. The van der Waals surface area contributed by atoms with Crippen molar-refractivity contribution in [2.75, 3.05) is 52.4 Å². The maximum absolute atomic E-state index is 13.4. The van der Waals surface area contributed by atoms with Crippen LogP contribution in [-0.4, -0.2) is 72.8 Å². The van der Waals surface area contributed by atoms with E-state index in [0.717, 1.165) is 57.9 Å². The number of nitrogens with zero attached hydrogens (tertiary/aromatic N) is 3. The van der Waals surface area contributed by atoms with Crippen LogP contribution >= 0.6 is 0 Å². The largest absolute Gasteiger partial charge is 0.300 e. The lowest BCUT2D eigenvalue weighted by molar-refractivity contribution is 0.0754. The predicted molar refractivity (Wildman–Crippen MR) is 125 cm³/mol. The van der Waals surface area contributed by atoms with Gasteiger partial charge in [0.1, 0.15) is 5.82 Å². The Morgan fingerprint density at radius 1 is 0.903 bits per heavy atom. The van der Waals surface area contributed by atoms with Gasteiger partial charge in [-0.1, -0.05) is 63.2 Å². The minimum atomic E-state index is -0.185. The number of likely N-dealkylation sites (N-methyl/N-ethyl adjacent to an activating group) is 1. The highest BCUT2D eigenvalue weighted by molar-refractivity contribution is 5.97. The Kier molecular flexibility index (Phi) is 8.76. The number of rotatable bonds is 10. The first-order valence-electron chi connectivity index (χ1n) is 11.5. The molecule has 31 heavy (non-hydrogen) atoms. The summed E-state index contributed by atoms with van der Waals surface area (Å²) in [4.78, 5) is 20.0. The molecule has 0 aromatic heterocycles. The third-order valence-corrected chi connectivity index (χ3v) is 6.44. The van der Waals surface area contributed by atoms with Gasteiger partial charge >= 0.3 is 0 Å². The second-order valence-corrected chi connectivity index (χ2v) is 8.52. The van der Waals surface area contributed by atoms with Gasteiger partial charge in [-0.2, -0.15) is 0 Å². The summed E-state index contributed by atoms with van der Waals surface area (Å²) in [6, 6.07) is 16.8. The molecule has 3 rings (SSSR count). The minimum Gasteiger partial charge on any atom is -0.300 e. The quantitative estimate of drug-likeness (QED) is 0.529. The van der Waals surface area contributed by atoms with Crippen molar-refractivity contribution in [2.45, 2.75) is 26.8 Å². The van der Waals surface area contributed by atoms with Crippen molar-refractivity contribution in [3.63, 3.8) is 0 Å². The van der Waals surface area contributed by atoms with Crippen LogP contribution in [-0.2, 0) is 0 Å². The van der Waals surface area contributed by atoms with E-state index in [4.69, 9.17) is 0 Å². The zero-order valence-electron chi connectivity index (χ0n) is 19.1. The van der Waals surface area contributed by atoms with Crippen molar-refractivity contribution >= 4 is 5.78 Å². The highest BCUT2D eigenvalue weighted by Crippen LogP contribution is 2.23. The summed E-state index contributed by atoms with van der Waals surface area (Å²) in [6.45, 7) is 14.0. The highest BCUT2D eigenvalue weighted by atomic mass is 19.1. The standard InChI is InChI=1S/C26H36FN3O/c1-4-30(5-2)25(22-11-13-24(27)14-12-22)20-29-17-15-28(16-18-29)19-21(3)26(31)23-9-7-6-8-10-23/h6-14,21,25H,4-5,15-20H2,1-3H3. The number of piperazine rings is 1. The fourth-order valence-electron chi connectivity index (χ4n) is 4.54. The molecule has 0 aliphatic carbocycles. The summed E-state index contributed by atoms with van der Waals surface area (Å²) in [7, 11) is 0. The number of carbonyl (C=O) groups is 1. The van der Waals surface area contributed by atoms with Gasteiger partial charge in [0.05, 0.1) is 0 Å². The normalized spacial score (nSPS) is 17.6. The Bertz CT molecular complexity index is 799. The molecule has 0 spiro atoms. The van der Waals surface area contributed by atoms with E-state index >= 15 is 0 Å². The smallest absolute Gasteiger partial charge is 0.166 e. The first-order chi connectivity index (χ1) is 15.0. The average molecular weight is 426 g/mol. The number of halogens is 1. The van der Waals surface area contributed by atoms with Crippen LogP contribution in [0.15, 0.2) is 54.6 Å². The van der Waals surface area contributed by atoms with E-state index in [2.05, 4.69) is 28.5 Å². The Labute approximate surface area is 186 Å². The van der Waals surface area contributed by atoms with Crippen LogP contribution < -0.4 is 0 Å². The molecule has 2 aromatic rings. The summed E-state index contributed by atoms with van der Waals surface area (Å²) < 4.78 is 13.4. The fourth-order valence-corrected chi connectivity index (χ4v) is 4.54. The third kappa shape index (κ3) is 6.45. The van der Waals surface area contributed by atoms with Crippen molar-refractivity contribution in [3.8, 4) is 0 Å². The van der Waals surface area contributed by atoms with E-state index in [1.165, 1.54) is 5.56 Å². The fraction of sp³-hybridized carbons (Fsp3) is 0.500. The monoisotopic (exact) mass is 425 g/mol. The summed E-state index contributed by atoms with van der Waals surface area (Å²) in [5.74, 6) is 0.0346. The molecule has 0 bridgehead atoms. The molecule has 1 saturated heterocycles. The first kappa shape index (κ1) is 23.6. The van der Waals surface area contributed by atoms with Crippen LogP contribution in [0.1, 0.15) is 42.7 Å². The van der Waals surface area contributed by atoms with Gasteiger partial charge in [-0.15, -0.1) is 0 Å². The molecule has 2 unspecified atom stereocenters. The van der Waals surface area contributed by atoms with Crippen LogP contribution in [0.2, 0.25) is 0 Å². The van der Waals surface area contributed by atoms with Crippen LogP contribution in [0, 0.1) is 11.7 Å². The second-order valence-electron chi connectivity index (χ2n) is 8.52. The molecule has 1 heterocycles. The molecule has 2 atom stereocenters. The van der Waals surface area contributed by atoms with Crippen molar-refractivity contribution in [1.29, 1.82) is 0 Å².